The van der Waals surface area contributed by atoms with E-state index in [-0.39, 0.29) is 17.3 Å². The zero-order valence-corrected chi connectivity index (χ0v) is 15.5. The summed E-state index contributed by atoms with van der Waals surface area (Å²) in [7, 11) is -3.56. The quantitative estimate of drug-likeness (QED) is 0.800. The molecule has 0 saturated carbocycles. The largest absolute Gasteiger partial charge is 0.316 e. The summed E-state index contributed by atoms with van der Waals surface area (Å²) >= 11 is 0. The van der Waals surface area contributed by atoms with Gasteiger partial charge in [-0.3, -0.25) is 0 Å². The minimum Gasteiger partial charge on any atom is -0.316 e. The summed E-state index contributed by atoms with van der Waals surface area (Å²) in [4.78, 5) is 8.45. The number of nitrogens with one attached hydrogen (secondary N) is 2. The molecular weight excluding hydrogens is 360 g/mol. The Morgan fingerprint density at radius 1 is 1.16 bits per heavy atom. The molecule has 0 bridgehead atoms. The molecule has 0 amide bonds. The monoisotopic (exact) mass is 382 g/mol. The van der Waals surface area contributed by atoms with E-state index >= 15 is 0 Å². The lowest BCUT2D eigenvalue weighted by atomic mass is 9.96. The molecule has 1 aliphatic heterocycles. The highest BCUT2D eigenvalue weighted by atomic mass is 35.5. The van der Waals surface area contributed by atoms with Gasteiger partial charge in [0.2, 0.25) is 10.0 Å². The summed E-state index contributed by atoms with van der Waals surface area (Å²) in [6.07, 6.45) is 5.88. The normalized spacial score (nSPS) is 17.7. The fraction of sp³-hybridized carbons (Fsp3) is 0.412. The molecule has 1 unspecified atom stereocenters. The lowest BCUT2D eigenvalue weighted by molar-refractivity contribution is 0.358. The maximum absolute atomic E-state index is 12.3. The van der Waals surface area contributed by atoms with Crippen LogP contribution in [0, 0.1) is 5.92 Å². The number of rotatable bonds is 6. The van der Waals surface area contributed by atoms with Crippen molar-refractivity contribution in [2.45, 2.75) is 24.2 Å². The van der Waals surface area contributed by atoms with Gasteiger partial charge in [-0.1, -0.05) is 30.3 Å². The fourth-order valence-electron chi connectivity index (χ4n) is 2.84. The molecule has 0 spiro atoms. The molecule has 8 heteroatoms. The van der Waals surface area contributed by atoms with Crippen LogP contribution in [-0.2, 0) is 10.0 Å². The highest BCUT2D eigenvalue weighted by Gasteiger charge is 2.17. The zero-order chi connectivity index (χ0) is 16.8. The number of piperidine rings is 1. The lowest BCUT2D eigenvalue weighted by Gasteiger charge is -2.22. The first-order valence-electron chi connectivity index (χ1n) is 8.23. The Bertz CT molecular complexity index is 748. The third-order valence-corrected chi connectivity index (χ3v) is 5.63. The van der Waals surface area contributed by atoms with Gasteiger partial charge in [-0.2, -0.15) is 0 Å². The van der Waals surface area contributed by atoms with Crippen molar-refractivity contribution in [1.82, 2.24) is 20.0 Å². The van der Waals surface area contributed by atoms with Crippen molar-refractivity contribution in [2.24, 2.45) is 5.92 Å². The van der Waals surface area contributed by atoms with Gasteiger partial charge in [-0.15, -0.1) is 12.4 Å². The SMILES string of the molecule is Cl.O=S(=O)(NCCC1CCCNC1)c1cnc(-c2ccccc2)nc1. The second-order valence-electron chi connectivity index (χ2n) is 6.01. The Morgan fingerprint density at radius 2 is 1.88 bits per heavy atom. The van der Waals surface area contributed by atoms with E-state index in [0.717, 1.165) is 37.9 Å². The topological polar surface area (TPSA) is 84.0 Å². The van der Waals surface area contributed by atoms with Crippen molar-refractivity contribution in [3.63, 3.8) is 0 Å². The molecule has 0 aliphatic carbocycles. The number of benzene rings is 1. The van der Waals surface area contributed by atoms with Crippen molar-refractivity contribution >= 4 is 22.4 Å². The number of nitrogens with zero attached hydrogens (tertiary/aromatic N) is 2. The van der Waals surface area contributed by atoms with E-state index < -0.39 is 10.0 Å². The summed E-state index contributed by atoms with van der Waals surface area (Å²) in [5.74, 6) is 1.06. The average Bonchev–Trinajstić information content (AvgIpc) is 2.63. The Morgan fingerprint density at radius 3 is 2.52 bits per heavy atom. The van der Waals surface area contributed by atoms with Crippen LogP contribution in [0.2, 0.25) is 0 Å². The number of sulfonamides is 1. The van der Waals surface area contributed by atoms with Crippen LogP contribution in [0.25, 0.3) is 11.4 Å². The molecule has 2 heterocycles. The summed E-state index contributed by atoms with van der Waals surface area (Å²) in [5.41, 5.74) is 0.860. The third-order valence-electron chi connectivity index (χ3n) is 4.21. The molecule has 1 aliphatic rings. The Labute approximate surface area is 154 Å². The lowest BCUT2D eigenvalue weighted by Crippen LogP contribution is -2.33. The van der Waals surface area contributed by atoms with Crippen LogP contribution in [-0.4, -0.2) is 38.0 Å². The van der Waals surface area contributed by atoms with E-state index in [1.165, 1.54) is 12.4 Å². The van der Waals surface area contributed by atoms with Crippen LogP contribution >= 0.6 is 12.4 Å². The molecule has 1 atom stereocenters. The van der Waals surface area contributed by atoms with Crippen LogP contribution < -0.4 is 10.0 Å². The van der Waals surface area contributed by atoms with Crippen LogP contribution in [0.5, 0.6) is 0 Å². The Hall–Kier alpha value is -1.54. The average molecular weight is 383 g/mol. The molecule has 2 aromatic rings. The second-order valence-corrected chi connectivity index (χ2v) is 7.77. The maximum Gasteiger partial charge on any atom is 0.243 e. The predicted molar refractivity (Wildman–Crippen MR) is 100 cm³/mol. The van der Waals surface area contributed by atoms with Crippen LogP contribution in [0.15, 0.2) is 47.6 Å². The first-order chi connectivity index (χ1) is 11.6. The predicted octanol–water partition coefficient (Wildman–Crippen LogP) is 2.23. The molecule has 1 saturated heterocycles. The minimum absolute atomic E-state index is 0. The van der Waals surface area contributed by atoms with Gasteiger partial charge in [0.15, 0.2) is 5.82 Å². The molecule has 0 radical (unpaired) electrons. The van der Waals surface area contributed by atoms with Gasteiger partial charge in [0.25, 0.3) is 0 Å². The van der Waals surface area contributed by atoms with Crippen LogP contribution in [0.3, 0.4) is 0 Å². The fourth-order valence-corrected chi connectivity index (χ4v) is 3.78. The van der Waals surface area contributed by atoms with Gasteiger partial charge in [0, 0.05) is 12.1 Å². The van der Waals surface area contributed by atoms with E-state index in [0.29, 0.717) is 18.3 Å². The molecular formula is C17H23ClN4O2S. The highest BCUT2D eigenvalue weighted by molar-refractivity contribution is 7.89. The van der Waals surface area contributed by atoms with Crippen LogP contribution in [0.1, 0.15) is 19.3 Å². The van der Waals surface area contributed by atoms with Gasteiger partial charge >= 0.3 is 0 Å². The van der Waals surface area contributed by atoms with Crippen molar-refractivity contribution in [3.05, 3.63) is 42.7 Å². The van der Waals surface area contributed by atoms with Crippen molar-refractivity contribution in [3.8, 4) is 11.4 Å². The van der Waals surface area contributed by atoms with E-state index in [1.807, 2.05) is 30.3 Å². The van der Waals surface area contributed by atoms with Crippen LogP contribution in [0.4, 0.5) is 0 Å². The van der Waals surface area contributed by atoms with Crippen molar-refractivity contribution in [1.29, 1.82) is 0 Å². The number of hydrogen-bond acceptors (Lipinski definition) is 5. The highest BCUT2D eigenvalue weighted by Crippen LogP contribution is 2.16. The number of halogens is 1. The number of aromatic nitrogens is 2. The van der Waals surface area contributed by atoms with Gasteiger partial charge in [0.05, 0.1) is 12.4 Å². The Kier molecular flexibility index (Phi) is 7.31. The first-order valence-corrected chi connectivity index (χ1v) is 9.71. The number of hydrogen-bond donors (Lipinski definition) is 2. The molecule has 6 nitrogen and oxygen atoms in total. The van der Waals surface area contributed by atoms with Crippen molar-refractivity contribution < 1.29 is 8.42 Å². The molecule has 3 rings (SSSR count). The smallest absolute Gasteiger partial charge is 0.243 e. The standard InChI is InChI=1S/C17H22N4O2S.ClH/c22-24(23,21-10-8-14-5-4-9-18-11-14)16-12-19-17(20-13-16)15-6-2-1-3-7-15;/h1-3,6-7,12-14,18,21H,4-5,8-11H2;1H. The third kappa shape index (κ3) is 5.47. The van der Waals surface area contributed by atoms with E-state index in [9.17, 15) is 8.42 Å². The maximum atomic E-state index is 12.3. The van der Waals surface area contributed by atoms with E-state index in [2.05, 4.69) is 20.0 Å². The van der Waals surface area contributed by atoms with Gasteiger partial charge in [0.1, 0.15) is 4.90 Å². The van der Waals surface area contributed by atoms with Crippen molar-refractivity contribution in [2.75, 3.05) is 19.6 Å². The summed E-state index contributed by atoms with van der Waals surface area (Å²) < 4.78 is 27.3. The molecule has 25 heavy (non-hydrogen) atoms. The zero-order valence-electron chi connectivity index (χ0n) is 13.9. The molecule has 136 valence electrons. The van der Waals surface area contributed by atoms with Gasteiger partial charge < -0.3 is 5.32 Å². The first kappa shape index (κ1) is 19.8. The molecule has 2 N–H and O–H groups in total. The summed E-state index contributed by atoms with van der Waals surface area (Å²) in [5, 5.41) is 3.34. The van der Waals surface area contributed by atoms with Gasteiger partial charge in [-0.05, 0) is 38.3 Å². The van der Waals surface area contributed by atoms with Gasteiger partial charge in [-0.25, -0.2) is 23.1 Å². The summed E-state index contributed by atoms with van der Waals surface area (Å²) in [6, 6.07) is 9.48. The van der Waals surface area contributed by atoms with E-state index in [1.54, 1.807) is 0 Å². The second kappa shape index (κ2) is 9.24. The minimum atomic E-state index is -3.56. The molecule has 1 fully saturated rings. The molecule has 1 aromatic carbocycles. The molecule has 1 aromatic heterocycles. The summed E-state index contributed by atoms with van der Waals surface area (Å²) in [6.45, 7) is 2.47. The van der Waals surface area contributed by atoms with E-state index in [4.69, 9.17) is 0 Å². The Balaban J connectivity index is 0.00000225.